The molecular weight excluding hydrogens is 563 g/mol. The predicted molar refractivity (Wildman–Crippen MR) is 171 cm³/mol. The van der Waals surface area contributed by atoms with Gasteiger partial charge in [-0.3, -0.25) is 14.6 Å². The van der Waals surface area contributed by atoms with Crippen molar-refractivity contribution < 1.29 is 9.30 Å². The Morgan fingerprint density at radius 2 is 1.84 bits per heavy atom. The number of aromatic nitrogens is 7. The van der Waals surface area contributed by atoms with Gasteiger partial charge < -0.3 is 29.8 Å². The first kappa shape index (κ1) is 26.9. The zero-order chi connectivity index (χ0) is 29.9. The van der Waals surface area contributed by atoms with Gasteiger partial charge in [-0.15, -0.1) is 0 Å². The SMILES string of the molecule is COc1cc2c(cc1Nc1nc(Nc3ccc4nccnc4c3P(C)(C)=O)c3cc[nH]c3n1)-c1cnn(C)c1CCN2C. The minimum atomic E-state index is -2.77. The number of anilines is 5. The standard InChI is InChI=1S/C30H31N10O2P/c1-39-13-9-23-19(16-34-40(23)2)18-14-22(25(42-3)15-24(18)39)36-30-37-28-17(8-10-33-28)29(38-30)35-21-7-6-20-26(32-12-11-31-20)27(21)43(4,5)41/h6-8,10-12,14-16H,9,13H2,1-5H3,(H3,33,35,36,37,38). The lowest BCUT2D eigenvalue weighted by atomic mass is 10.0. The number of benzene rings is 2. The zero-order valence-corrected chi connectivity index (χ0v) is 25.4. The summed E-state index contributed by atoms with van der Waals surface area (Å²) in [7, 11) is 2.95. The molecule has 12 nitrogen and oxygen atoms in total. The van der Waals surface area contributed by atoms with Crippen LogP contribution in [0.15, 0.2) is 55.1 Å². The highest BCUT2D eigenvalue weighted by Gasteiger charge is 2.25. The summed E-state index contributed by atoms with van der Waals surface area (Å²) in [6.07, 6.45) is 7.86. The van der Waals surface area contributed by atoms with E-state index in [9.17, 15) is 4.57 Å². The minimum absolute atomic E-state index is 0.363. The Morgan fingerprint density at radius 1 is 1.00 bits per heavy atom. The quantitative estimate of drug-likeness (QED) is 0.225. The highest BCUT2D eigenvalue weighted by Crippen LogP contribution is 2.44. The summed E-state index contributed by atoms with van der Waals surface area (Å²) in [5.41, 5.74) is 7.68. The van der Waals surface area contributed by atoms with Crippen LogP contribution < -0.4 is 25.6 Å². The van der Waals surface area contributed by atoms with Crippen molar-refractivity contribution in [1.29, 1.82) is 0 Å². The molecule has 4 aromatic heterocycles. The third kappa shape index (κ3) is 4.64. The molecule has 0 fully saturated rings. The number of hydrogen-bond donors (Lipinski definition) is 3. The number of hydrogen-bond acceptors (Lipinski definition) is 10. The first-order valence-electron chi connectivity index (χ1n) is 13.8. The number of aromatic amines is 1. The van der Waals surface area contributed by atoms with Crippen LogP contribution in [0.2, 0.25) is 0 Å². The van der Waals surface area contributed by atoms with E-state index in [4.69, 9.17) is 14.7 Å². The Bertz CT molecular complexity index is 2080. The summed E-state index contributed by atoms with van der Waals surface area (Å²) in [6.45, 7) is 4.33. The van der Waals surface area contributed by atoms with Crippen molar-refractivity contribution in [3.8, 4) is 16.9 Å². The second-order valence-electron chi connectivity index (χ2n) is 11.0. The monoisotopic (exact) mass is 594 g/mol. The molecule has 0 unspecified atom stereocenters. The van der Waals surface area contributed by atoms with Crippen LogP contribution in [0.3, 0.4) is 0 Å². The van der Waals surface area contributed by atoms with E-state index in [-0.39, 0.29) is 0 Å². The van der Waals surface area contributed by atoms with Gasteiger partial charge in [0.2, 0.25) is 5.95 Å². The van der Waals surface area contributed by atoms with E-state index < -0.39 is 7.14 Å². The number of ether oxygens (including phenoxy) is 1. The molecule has 0 bridgehead atoms. The second-order valence-corrected chi connectivity index (χ2v) is 14.1. The largest absolute Gasteiger partial charge is 0.494 e. The van der Waals surface area contributed by atoms with Crippen LogP contribution >= 0.6 is 7.14 Å². The van der Waals surface area contributed by atoms with Crippen molar-refractivity contribution >= 4 is 63.3 Å². The fraction of sp³-hybridized carbons (Fsp3) is 0.233. The molecule has 0 aliphatic carbocycles. The topological polar surface area (TPSA) is 139 Å². The van der Waals surface area contributed by atoms with Gasteiger partial charge in [-0.05, 0) is 37.6 Å². The van der Waals surface area contributed by atoms with Crippen molar-refractivity contribution in [1.82, 2.24) is 34.7 Å². The number of nitrogens with one attached hydrogen (secondary N) is 3. The summed E-state index contributed by atoms with van der Waals surface area (Å²) in [4.78, 5) is 24.0. The molecule has 7 rings (SSSR count). The van der Waals surface area contributed by atoms with Gasteiger partial charge in [0.05, 0.1) is 40.9 Å². The third-order valence-electron chi connectivity index (χ3n) is 7.83. The molecule has 0 amide bonds. The van der Waals surface area contributed by atoms with Crippen LogP contribution in [0.5, 0.6) is 5.75 Å². The van der Waals surface area contributed by atoms with Crippen LogP contribution in [0.1, 0.15) is 5.69 Å². The Kier molecular flexibility index (Phi) is 6.32. The molecule has 0 saturated heterocycles. The molecule has 0 radical (unpaired) electrons. The van der Waals surface area contributed by atoms with Crippen LogP contribution in [0.4, 0.5) is 28.8 Å². The van der Waals surface area contributed by atoms with E-state index >= 15 is 0 Å². The number of likely N-dealkylation sites (N-methyl/N-ethyl adjacent to an activating group) is 1. The lowest BCUT2D eigenvalue weighted by molar-refractivity contribution is 0.417. The van der Waals surface area contributed by atoms with E-state index in [0.717, 1.165) is 40.9 Å². The van der Waals surface area contributed by atoms with Crippen LogP contribution in [-0.2, 0) is 18.0 Å². The molecule has 5 heterocycles. The molecule has 218 valence electrons. The highest BCUT2D eigenvalue weighted by atomic mass is 31.2. The Hall–Kier alpha value is -4.96. The number of fused-ring (bicyclic) bond motifs is 5. The summed E-state index contributed by atoms with van der Waals surface area (Å²) in [5, 5.41) is 12.8. The fourth-order valence-electron chi connectivity index (χ4n) is 5.75. The Balaban J connectivity index is 1.33. The van der Waals surface area contributed by atoms with Crippen LogP contribution in [0.25, 0.3) is 33.2 Å². The smallest absolute Gasteiger partial charge is 0.231 e. The molecule has 1 aliphatic rings. The maximum atomic E-state index is 13.5. The molecule has 0 spiro atoms. The van der Waals surface area contributed by atoms with Crippen molar-refractivity contribution in [3.05, 3.63) is 60.8 Å². The van der Waals surface area contributed by atoms with Gasteiger partial charge >= 0.3 is 0 Å². The summed E-state index contributed by atoms with van der Waals surface area (Å²) in [6, 6.07) is 9.74. The Labute approximate surface area is 247 Å². The first-order valence-corrected chi connectivity index (χ1v) is 16.4. The second kappa shape index (κ2) is 10.1. The Morgan fingerprint density at radius 3 is 2.65 bits per heavy atom. The number of rotatable bonds is 6. The molecule has 2 aromatic carbocycles. The van der Waals surface area contributed by atoms with Gasteiger partial charge in [-0.2, -0.15) is 15.1 Å². The summed E-state index contributed by atoms with van der Waals surface area (Å²) in [5.74, 6) is 1.58. The molecule has 13 heteroatoms. The fourth-order valence-corrected chi connectivity index (χ4v) is 7.15. The maximum Gasteiger partial charge on any atom is 0.231 e. The normalized spacial score (nSPS) is 13.1. The molecule has 6 aromatic rings. The predicted octanol–water partition coefficient (Wildman–Crippen LogP) is 5.04. The minimum Gasteiger partial charge on any atom is -0.494 e. The van der Waals surface area contributed by atoms with E-state index in [0.29, 0.717) is 45.2 Å². The lowest BCUT2D eigenvalue weighted by Crippen LogP contribution is -2.20. The molecular formula is C30H31N10O2P. The van der Waals surface area contributed by atoms with E-state index in [2.05, 4.69) is 48.7 Å². The number of H-pyrrole nitrogens is 1. The molecule has 3 N–H and O–H groups in total. The van der Waals surface area contributed by atoms with Crippen molar-refractivity contribution in [2.75, 3.05) is 49.6 Å². The molecule has 0 saturated carbocycles. The average molecular weight is 595 g/mol. The highest BCUT2D eigenvalue weighted by molar-refractivity contribution is 7.71. The van der Waals surface area contributed by atoms with Crippen molar-refractivity contribution in [2.45, 2.75) is 6.42 Å². The zero-order valence-electron chi connectivity index (χ0n) is 24.5. The van der Waals surface area contributed by atoms with Crippen LogP contribution in [-0.4, -0.2) is 68.7 Å². The van der Waals surface area contributed by atoms with Crippen molar-refractivity contribution in [2.24, 2.45) is 7.05 Å². The lowest BCUT2D eigenvalue weighted by Gasteiger charge is -2.22. The third-order valence-corrected chi connectivity index (χ3v) is 9.36. The van der Waals surface area contributed by atoms with E-state index in [1.165, 1.54) is 5.69 Å². The molecule has 1 aliphatic heterocycles. The summed E-state index contributed by atoms with van der Waals surface area (Å²) < 4.78 is 21.3. The first-order chi connectivity index (χ1) is 20.7. The van der Waals surface area contributed by atoms with Gasteiger partial charge in [-0.1, -0.05) is 0 Å². The average Bonchev–Trinajstić information content (AvgIpc) is 3.58. The van der Waals surface area contributed by atoms with Crippen molar-refractivity contribution in [3.63, 3.8) is 0 Å². The number of aryl methyl sites for hydroxylation is 1. The van der Waals surface area contributed by atoms with Gasteiger partial charge in [-0.25, -0.2) is 0 Å². The van der Waals surface area contributed by atoms with Gasteiger partial charge in [0.15, 0.2) is 0 Å². The molecule has 0 atom stereocenters. The van der Waals surface area contributed by atoms with E-state index in [1.54, 1.807) is 32.8 Å². The molecule has 43 heavy (non-hydrogen) atoms. The van der Waals surface area contributed by atoms with Crippen LogP contribution in [0, 0.1) is 0 Å². The van der Waals surface area contributed by atoms with Gasteiger partial charge in [0.1, 0.15) is 29.9 Å². The number of nitrogens with zero attached hydrogens (tertiary/aromatic N) is 7. The van der Waals surface area contributed by atoms with Gasteiger partial charge in [0, 0.05) is 74.2 Å². The number of methoxy groups -OCH3 is 1. The summed E-state index contributed by atoms with van der Waals surface area (Å²) >= 11 is 0. The van der Waals surface area contributed by atoms with Gasteiger partial charge in [0.25, 0.3) is 0 Å². The maximum absolute atomic E-state index is 13.5. The van der Waals surface area contributed by atoms with E-state index in [1.807, 2.05) is 48.4 Å².